The average Bonchev–Trinajstić information content (AvgIpc) is 2.77. The predicted octanol–water partition coefficient (Wildman–Crippen LogP) is 4.07. The van der Waals surface area contributed by atoms with E-state index in [4.69, 9.17) is 0 Å². The molecule has 1 saturated carbocycles. The molecule has 0 saturated heterocycles. The molecule has 1 aliphatic carbocycles. The van der Waals surface area contributed by atoms with Crippen LogP contribution < -0.4 is 5.32 Å². The van der Waals surface area contributed by atoms with Crippen LogP contribution in [0.2, 0.25) is 0 Å². The molecule has 3 heteroatoms. The van der Waals surface area contributed by atoms with Gasteiger partial charge in [0.2, 0.25) is 0 Å². The minimum absolute atomic E-state index is 0.386. The fraction of sp³-hybridized carbons (Fsp3) is 0.786. The maximum absolute atomic E-state index is 4.56. The molecule has 0 radical (unpaired) electrons. The highest BCUT2D eigenvalue weighted by molar-refractivity contribution is 7.09. The Hall–Kier alpha value is -0.410. The van der Waals surface area contributed by atoms with Gasteiger partial charge in [-0.1, -0.05) is 19.3 Å². The molecule has 0 aromatic carbocycles. The first-order valence-electron chi connectivity index (χ1n) is 6.85. The lowest BCUT2D eigenvalue weighted by molar-refractivity contribution is 0.267. The maximum atomic E-state index is 4.56. The van der Waals surface area contributed by atoms with Crippen molar-refractivity contribution in [3.8, 4) is 0 Å². The van der Waals surface area contributed by atoms with Gasteiger partial charge in [0.05, 0.1) is 10.7 Å². The lowest BCUT2D eigenvalue weighted by atomic mass is 9.84. The first-order valence-corrected chi connectivity index (χ1v) is 7.73. The minimum atomic E-state index is 0.386. The first-order chi connectivity index (χ1) is 8.16. The smallest absolute Gasteiger partial charge is 0.0898 e. The van der Waals surface area contributed by atoms with Gasteiger partial charge in [0.25, 0.3) is 0 Å². The Kier molecular flexibility index (Phi) is 4.57. The molecule has 1 heterocycles. The number of aromatic nitrogens is 1. The fourth-order valence-corrected chi connectivity index (χ4v) is 3.54. The molecule has 0 aliphatic heterocycles. The van der Waals surface area contributed by atoms with Crippen LogP contribution in [-0.2, 0) is 0 Å². The summed E-state index contributed by atoms with van der Waals surface area (Å²) in [6.45, 7) is 6.64. The highest BCUT2D eigenvalue weighted by Crippen LogP contribution is 2.27. The zero-order valence-electron chi connectivity index (χ0n) is 11.2. The molecular formula is C14H24N2S. The minimum Gasteiger partial charge on any atom is -0.306 e. The van der Waals surface area contributed by atoms with Crippen molar-refractivity contribution in [1.29, 1.82) is 0 Å². The molecule has 2 rings (SSSR count). The third-order valence-corrected chi connectivity index (χ3v) is 4.74. The fourth-order valence-electron chi connectivity index (χ4n) is 2.83. The van der Waals surface area contributed by atoms with E-state index in [2.05, 4.69) is 36.5 Å². The third kappa shape index (κ3) is 3.52. The van der Waals surface area contributed by atoms with E-state index in [9.17, 15) is 0 Å². The molecule has 1 N–H and O–H groups in total. The van der Waals surface area contributed by atoms with Crippen LogP contribution in [-0.4, -0.2) is 11.0 Å². The number of rotatable bonds is 4. The topological polar surface area (TPSA) is 24.9 Å². The van der Waals surface area contributed by atoms with Gasteiger partial charge in [-0.2, -0.15) is 0 Å². The van der Waals surface area contributed by atoms with E-state index < -0.39 is 0 Å². The van der Waals surface area contributed by atoms with Gasteiger partial charge in [-0.05, 0) is 39.5 Å². The summed E-state index contributed by atoms with van der Waals surface area (Å²) in [6.07, 6.45) is 7.07. The van der Waals surface area contributed by atoms with Gasteiger partial charge in [0, 0.05) is 17.5 Å². The molecule has 1 aromatic heterocycles. The third-order valence-electron chi connectivity index (χ3n) is 3.95. The molecule has 2 atom stereocenters. The quantitative estimate of drug-likeness (QED) is 0.873. The second-order valence-electron chi connectivity index (χ2n) is 5.37. The Labute approximate surface area is 109 Å². The summed E-state index contributed by atoms with van der Waals surface area (Å²) in [4.78, 5) is 4.56. The molecule has 0 bridgehead atoms. The molecule has 2 nitrogen and oxygen atoms in total. The molecule has 0 spiro atoms. The molecule has 0 amide bonds. The summed E-state index contributed by atoms with van der Waals surface area (Å²) in [6, 6.07) is 1.00. The second kappa shape index (κ2) is 5.96. The van der Waals surface area contributed by atoms with E-state index in [1.165, 1.54) is 42.8 Å². The van der Waals surface area contributed by atoms with Crippen LogP contribution in [0.1, 0.15) is 62.7 Å². The van der Waals surface area contributed by atoms with Gasteiger partial charge in [0.15, 0.2) is 0 Å². The van der Waals surface area contributed by atoms with Crippen LogP contribution in [0.15, 0.2) is 5.38 Å². The van der Waals surface area contributed by atoms with E-state index in [1.54, 1.807) is 11.3 Å². The number of thiazole rings is 1. The first kappa shape index (κ1) is 13.0. The summed E-state index contributed by atoms with van der Waals surface area (Å²) in [7, 11) is 0. The van der Waals surface area contributed by atoms with Crippen molar-refractivity contribution in [1.82, 2.24) is 10.3 Å². The second-order valence-corrected chi connectivity index (χ2v) is 6.43. The largest absolute Gasteiger partial charge is 0.306 e. The van der Waals surface area contributed by atoms with Crippen molar-refractivity contribution in [2.24, 2.45) is 5.92 Å². The number of hydrogen-bond donors (Lipinski definition) is 1. The highest BCUT2D eigenvalue weighted by atomic mass is 32.1. The van der Waals surface area contributed by atoms with E-state index in [1.807, 2.05) is 0 Å². The van der Waals surface area contributed by atoms with E-state index in [-0.39, 0.29) is 0 Å². The van der Waals surface area contributed by atoms with Crippen LogP contribution in [0, 0.1) is 12.8 Å². The Morgan fingerprint density at radius 2 is 2.00 bits per heavy atom. The van der Waals surface area contributed by atoms with E-state index in [0.717, 1.165) is 5.92 Å². The van der Waals surface area contributed by atoms with Crippen LogP contribution in [0.5, 0.6) is 0 Å². The number of nitrogens with one attached hydrogen (secondary N) is 1. The zero-order chi connectivity index (χ0) is 12.3. The molecule has 1 fully saturated rings. The molecule has 2 unspecified atom stereocenters. The number of aryl methyl sites for hydroxylation is 1. The van der Waals surface area contributed by atoms with Crippen molar-refractivity contribution in [2.45, 2.75) is 65.0 Å². The van der Waals surface area contributed by atoms with Crippen molar-refractivity contribution < 1.29 is 0 Å². The van der Waals surface area contributed by atoms with Crippen LogP contribution in [0.4, 0.5) is 0 Å². The Morgan fingerprint density at radius 1 is 1.29 bits per heavy atom. The predicted molar refractivity (Wildman–Crippen MR) is 74.4 cm³/mol. The van der Waals surface area contributed by atoms with Crippen molar-refractivity contribution >= 4 is 11.3 Å². The summed E-state index contributed by atoms with van der Waals surface area (Å²) in [5.74, 6) is 0.867. The zero-order valence-corrected chi connectivity index (χ0v) is 12.0. The van der Waals surface area contributed by atoms with Crippen molar-refractivity contribution in [3.05, 3.63) is 16.1 Å². The van der Waals surface area contributed by atoms with Gasteiger partial charge in [0.1, 0.15) is 0 Å². The lowest BCUT2D eigenvalue weighted by Gasteiger charge is -2.30. The molecule has 17 heavy (non-hydrogen) atoms. The monoisotopic (exact) mass is 252 g/mol. The van der Waals surface area contributed by atoms with Crippen LogP contribution in [0.3, 0.4) is 0 Å². The lowest BCUT2D eigenvalue weighted by Crippen LogP contribution is -2.36. The Bertz CT molecular complexity index is 342. The molecule has 96 valence electrons. The van der Waals surface area contributed by atoms with Gasteiger partial charge < -0.3 is 5.32 Å². The standard InChI is InChI=1S/C14H24N2S/c1-10(13-7-5-4-6-8-13)15-11(2)14-9-17-12(3)16-14/h9-11,13,15H,4-8H2,1-3H3. The number of nitrogens with zero attached hydrogens (tertiary/aromatic N) is 1. The van der Waals surface area contributed by atoms with Crippen molar-refractivity contribution in [2.75, 3.05) is 0 Å². The summed E-state index contributed by atoms with van der Waals surface area (Å²) in [5, 5.41) is 7.07. The molecule has 1 aromatic rings. The normalized spacial score (nSPS) is 21.4. The highest BCUT2D eigenvalue weighted by Gasteiger charge is 2.22. The van der Waals surface area contributed by atoms with Gasteiger partial charge in [-0.3, -0.25) is 0 Å². The summed E-state index contributed by atoms with van der Waals surface area (Å²) < 4.78 is 0. The Morgan fingerprint density at radius 3 is 2.59 bits per heavy atom. The van der Waals surface area contributed by atoms with Crippen LogP contribution in [0.25, 0.3) is 0 Å². The molecular weight excluding hydrogens is 228 g/mol. The van der Waals surface area contributed by atoms with Crippen LogP contribution >= 0.6 is 11.3 Å². The number of hydrogen-bond acceptors (Lipinski definition) is 3. The average molecular weight is 252 g/mol. The van der Waals surface area contributed by atoms with Gasteiger partial charge in [-0.25, -0.2) is 4.98 Å². The Balaban J connectivity index is 1.87. The summed E-state index contributed by atoms with van der Waals surface area (Å²) in [5.41, 5.74) is 1.20. The van der Waals surface area contributed by atoms with Crippen molar-refractivity contribution in [3.63, 3.8) is 0 Å². The van der Waals surface area contributed by atoms with E-state index in [0.29, 0.717) is 12.1 Å². The SMILES string of the molecule is Cc1nc(C(C)NC(C)C2CCCCC2)cs1. The van der Waals surface area contributed by atoms with E-state index >= 15 is 0 Å². The van der Waals surface area contributed by atoms with Gasteiger partial charge in [-0.15, -0.1) is 11.3 Å². The van der Waals surface area contributed by atoms with Gasteiger partial charge >= 0.3 is 0 Å². The summed E-state index contributed by atoms with van der Waals surface area (Å²) >= 11 is 1.74. The maximum Gasteiger partial charge on any atom is 0.0898 e. The molecule has 1 aliphatic rings.